The van der Waals surface area contributed by atoms with Gasteiger partial charge in [0, 0.05) is 0 Å². The van der Waals surface area contributed by atoms with Crippen LogP contribution < -0.4 is 0 Å². The van der Waals surface area contributed by atoms with E-state index in [2.05, 4.69) is 15.3 Å². The number of benzene rings is 2. The van der Waals surface area contributed by atoms with Crippen molar-refractivity contribution in [2.45, 2.75) is 44.6 Å². The smallest absolute Gasteiger partial charge is 0.294 e. The topological polar surface area (TPSA) is 137 Å². The number of rotatable bonds is 8. The van der Waals surface area contributed by atoms with E-state index in [0.29, 0.717) is 11.4 Å². The van der Waals surface area contributed by atoms with Gasteiger partial charge in [0.15, 0.2) is 5.69 Å². The Bertz CT molecular complexity index is 1270. The number of hydrogen-bond donors (Lipinski definition) is 3. The number of nitrogens with zero attached hydrogens (tertiary/aromatic N) is 4. The second-order valence-corrected chi connectivity index (χ2v) is 9.40. The van der Waals surface area contributed by atoms with Crippen molar-refractivity contribution < 1.29 is 23.2 Å². The van der Waals surface area contributed by atoms with Crippen LogP contribution in [-0.2, 0) is 10.1 Å². The summed E-state index contributed by atoms with van der Waals surface area (Å²) in [6.07, 6.45) is 1.19. The highest BCUT2D eigenvalue weighted by atomic mass is 35.5. The Morgan fingerprint density at radius 3 is 2.30 bits per heavy atom. The number of aliphatic hydroxyl groups excluding tert-OH is 1. The van der Waals surface area contributed by atoms with E-state index in [-0.39, 0.29) is 22.3 Å². The number of aromatic nitrogens is 2. The third kappa shape index (κ3) is 5.41. The second kappa shape index (κ2) is 10.0. The Hall–Kier alpha value is -2.79. The highest BCUT2D eigenvalue weighted by Crippen LogP contribution is 2.36. The largest absolute Gasteiger partial charge is 0.492 e. The standard InChI is InChI=1S/C22H25ClN4O5S/c1-4-14(5-2)21(28)15-6-8-16(9-7-15)24-25-20-13(3)26-27(22(20)29)19-12-17(33(30,31)32)10-11-18(19)23/h6-12,14,21,28-29H,4-5H2,1-3H3,(H,30,31,32)/b25-24+. The summed E-state index contributed by atoms with van der Waals surface area (Å²) >= 11 is 6.15. The summed E-state index contributed by atoms with van der Waals surface area (Å²) < 4.78 is 33.2. The summed E-state index contributed by atoms with van der Waals surface area (Å²) in [5, 5.41) is 33.6. The van der Waals surface area contributed by atoms with Gasteiger partial charge in [0.1, 0.15) is 0 Å². The number of azo groups is 1. The first kappa shape index (κ1) is 24.8. The molecule has 0 spiro atoms. The van der Waals surface area contributed by atoms with Crippen molar-refractivity contribution in [1.82, 2.24) is 9.78 Å². The van der Waals surface area contributed by atoms with E-state index in [1.165, 1.54) is 6.07 Å². The SMILES string of the molecule is CCC(CC)C(O)c1ccc(/N=N/c2c(C)nn(-c3cc(S(=O)(=O)O)ccc3Cl)c2O)cc1. The number of aliphatic hydroxyl groups is 1. The highest BCUT2D eigenvalue weighted by molar-refractivity contribution is 7.85. The molecule has 3 aromatic rings. The summed E-state index contributed by atoms with van der Waals surface area (Å²) in [6.45, 7) is 5.68. The molecule has 0 aliphatic heterocycles. The van der Waals surface area contributed by atoms with Crippen LogP contribution in [0.4, 0.5) is 11.4 Å². The average molecular weight is 493 g/mol. The van der Waals surface area contributed by atoms with Crippen LogP contribution in [0, 0.1) is 12.8 Å². The minimum atomic E-state index is -4.47. The van der Waals surface area contributed by atoms with Gasteiger partial charge in [-0.05, 0) is 48.7 Å². The molecule has 2 aromatic carbocycles. The van der Waals surface area contributed by atoms with Crippen molar-refractivity contribution in [2.24, 2.45) is 16.1 Å². The molecule has 0 bridgehead atoms. The third-order valence-electron chi connectivity index (χ3n) is 5.44. The summed E-state index contributed by atoms with van der Waals surface area (Å²) in [5.74, 6) is -0.222. The molecular formula is C22H25ClN4O5S. The monoisotopic (exact) mass is 492 g/mol. The van der Waals surface area contributed by atoms with Gasteiger partial charge in [-0.3, -0.25) is 4.55 Å². The van der Waals surface area contributed by atoms with Gasteiger partial charge in [-0.25, -0.2) is 0 Å². The molecule has 1 atom stereocenters. The Labute approximate surface area is 197 Å². The number of halogens is 1. The van der Waals surface area contributed by atoms with Crippen molar-refractivity contribution in [3.8, 4) is 11.6 Å². The fourth-order valence-electron chi connectivity index (χ4n) is 3.46. The zero-order valence-corrected chi connectivity index (χ0v) is 19.9. The van der Waals surface area contributed by atoms with Gasteiger partial charge in [-0.2, -0.15) is 23.3 Å². The third-order valence-corrected chi connectivity index (χ3v) is 6.61. The molecule has 0 aliphatic rings. The zero-order valence-electron chi connectivity index (χ0n) is 18.3. The highest BCUT2D eigenvalue weighted by Gasteiger charge is 2.20. The van der Waals surface area contributed by atoms with Crippen molar-refractivity contribution in [1.29, 1.82) is 0 Å². The minimum absolute atomic E-state index is 0.0496. The van der Waals surface area contributed by atoms with Gasteiger partial charge in [0.25, 0.3) is 10.1 Å². The van der Waals surface area contributed by atoms with Crippen molar-refractivity contribution in [2.75, 3.05) is 0 Å². The number of aryl methyl sites for hydroxylation is 1. The maximum absolute atomic E-state index is 11.5. The summed E-state index contributed by atoms with van der Waals surface area (Å²) in [6, 6.07) is 10.5. The van der Waals surface area contributed by atoms with Gasteiger partial charge in [-0.1, -0.05) is 50.4 Å². The molecule has 0 saturated heterocycles. The van der Waals surface area contributed by atoms with Crippen LogP contribution in [0.5, 0.6) is 5.88 Å². The maximum Gasteiger partial charge on any atom is 0.294 e. The summed E-state index contributed by atoms with van der Waals surface area (Å²) in [5.41, 5.74) is 1.75. The Morgan fingerprint density at radius 1 is 1.09 bits per heavy atom. The molecule has 0 saturated carbocycles. The Balaban J connectivity index is 1.90. The fourth-order valence-corrected chi connectivity index (χ4v) is 4.16. The minimum Gasteiger partial charge on any atom is -0.492 e. The molecule has 0 amide bonds. The van der Waals surface area contributed by atoms with Crippen LogP contribution in [0.2, 0.25) is 5.02 Å². The predicted octanol–water partition coefficient (Wildman–Crippen LogP) is 5.67. The lowest BCUT2D eigenvalue weighted by atomic mass is 9.91. The van der Waals surface area contributed by atoms with E-state index in [9.17, 15) is 23.2 Å². The van der Waals surface area contributed by atoms with E-state index in [1.807, 2.05) is 13.8 Å². The van der Waals surface area contributed by atoms with E-state index in [0.717, 1.165) is 35.2 Å². The van der Waals surface area contributed by atoms with Gasteiger partial charge in [-0.15, -0.1) is 5.11 Å². The maximum atomic E-state index is 11.5. The van der Waals surface area contributed by atoms with E-state index in [4.69, 9.17) is 11.6 Å². The Morgan fingerprint density at radius 2 is 1.73 bits per heavy atom. The first-order chi connectivity index (χ1) is 15.6. The van der Waals surface area contributed by atoms with E-state index in [1.54, 1.807) is 31.2 Å². The van der Waals surface area contributed by atoms with Crippen LogP contribution >= 0.6 is 11.6 Å². The van der Waals surface area contributed by atoms with E-state index < -0.39 is 27.0 Å². The quantitative estimate of drug-likeness (QED) is 0.273. The van der Waals surface area contributed by atoms with Crippen molar-refractivity contribution >= 4 is 33.1 Å². The van der Waals surface area contributed by atoms with Crippen LogP contribution in [-0.4, -0.2) is 33.0 Å². The van der Waals surface area contributed by atoms with Crippen molar-refractivity contribution in [3.05, 3.63) is 58.7 Å². The molecule has 176 valence electrons. The van der Waals surface area contributed by atoms with Crippen molar-refractivity contribution in [3.63, 3.8) is 0 Å². The van der Waals surface area contributed by atoms with Crippen LogP contribution in [0.25, 0.3) is 5.69 Å². The molecular weight excluding hydrogens is 468 g/mol. The fraction of sp³-hybridized carbons (Fsp3) is 0.318. The Kier molecular flexibility index (Phi) is 7.53. The van der Waals surface area contributed by atoms with Crippen LogP contribution in [0.15, 0.2) is 57.6 Å². The lowest BCUT2D eigenvalue weighted by molar-refractivity contribution is 0.103. The lowest BCUT2D eigenvalue weighted by Gasteiger charge is -2.20. The molecule has 33 heavy (non-hydrogen) atoms. The lowest BCUT2D eigenvalue weighted by Crippen LogP contribution is -2.10. The zero-order chi connectivity index (χ0) is 24.3. The van der Waals surface area contributed by atoms with Gasteiger partial charge in [0.2, 0.25) is 5.88 Å². The van der Waals surface area contributed by atoms with Crippen LogP contribution in [0.1, 0.15) is 44.1 Å². The van der Waals surface area contributed by atoms with Crippen LogP contribution in [0.3, 0.4) is 0 Å². The molecule has 9 nitrogen and oxygen atoms in total. The number of hydrogen-bond acceptors (Lipinski definition) is 7. The predicted molar refractivity (Wildman–Crippen MR) is 124 cm³/mol. The molecule has 1 unspecified atom stereocenters. The second-order valence-electron chi connectivity index (χ2n) is 7.57. The summed E-state index contributed by atoms with van der Waals surface area (Å²) in [7, 11) is -4.47. The molecule has 0 radical (unpaired) electrons. The molecule has 1 heterocycles. The molecule has 3 N–H and O–H groups in total. The van der Waals surface area contributed by atoms with Gasteiger partial charge < -0.3 is 10.2 Å². The molecule has 1 aromatic heterocycles. The average Bonchev–Trinajstić information content (AvgIpc) is 3.06. The normalized spacial score (nSPS) is 13.2. The van der Waals surface area contributed by atoms with Gasteiger partial charge in [0.05, 0.1) is 33.1 Å². The molecule has 0 aliphatic carbocycles. The molecule has 0 fully saturated rings. The van der Waals surface area contributed by atoms with Gasteiger partial charge >= 0.3 is 0 Å². The molecule has 3 rings (SSSR count). The first-order valence-electron chi connectivity index (χ1n) is 10.3. The first-order valence-corrected chi connectivity index (χ1v) is 12.1. The van der Waals surface area contributed by atoms with E-state index >= 15 is 0 Å². The number of aromatic hydroxyl groups is 1. The molecule has 11 heteroatoms. The summed E-state index contributed by atoms with van der Waals surface area (Å²) in [4.78, 5) is -0.395.